The van der Waals surface area contributed by atoms with Gasteiger partial charge in [-0.05, 0) is 43.3 Å². The maximum atomic E-state index is 12.9. The first-order valence-electron chi connectivity index (χ1n) is 9.22. The number of methoxy groups -OCH3 is 1. The molecule has 0 N–H and O–H groups in total. The number of nitrogens with zero attached hydrogens (tertiary/aromatic N) is 2. The van der Waals surface area contributed by atoms with Crippen LogP contribution in [0.2, 0.25) is 0 Å². The summed E-state index contributed by atoms with van der Waals surface area (Å²) in [7, 11) is -2.07. The molecule has 3 rings (SSSR count). The summed E-state index contributed by atoms with van der Waals surface area (Å²) in [6, 6.07) is 11.7. The topological polar surface area (TPSA) is 76.2 Å². The number of halogens is 1. The average molecular weight is 483 g/mol. The van der Waals surface area contributed by atoms with Crippen molar-refractivity contribution in [3.8, 4) is 11.5 Å². The van der Waals surface area contributed by atoms with Crippen LogP contribution in [-0.4, -0.2) is 63.4 Å². The Balaban J connectivity index is 1.70. The highest BCUT2D eigenvalue weighted by molar-refractivity contribution is 9.10. The predicted molar refractivity (Wildman–Crippen MR) is 113 cm³/mol. The van der Waals surface area contributed by atoms with Crippen molar-refractivity contribution in [2.24, 2.45) is 0 Å². The third-order valence-corrected chi connectivity index (χ3v) is 7.06. The van der Waals surface area contributed by atoms with Gasteiger partial charge in [-0.25, -0.2) is 8.42 Å². The third kappa shape index (κ3) is 4.73. The molecule has 2 aromatic carbocycles. The van der Waals surface area contributed by atoms with E-state index in [2.05, 4.69) is 15.9 Å². The number of carbonyl (C=O) groups is 1. The van der Waals surface area contributed by atoms with Crippen molar-refractivity contribution < 1.29 is 22.7 Å². The van der Waals surface area contributed by atoms with Crippen molar-refractivity contribution in [1.29, 1.82) is 0 Å². The third-order valence-electron chi connectivity index (χ3n) is 4.67. The number of benzene rings is 2. The Kier molecular flexibility index (Phi) is 6.81. The monoisotopic (exact) mass is 482 g/mol. The van der Waals surface area contributed by atoms with Crippen LogP contribution in [0.25, 0.3) is 0 Å². The normalized spacial score (nSPS) is 15.2. The molecule has 1 heterocycles. The van der Waals surface area contributed by atoms with Crippen LogP contribution in [0.1, 0.15) is 17.3 Å². The van der Waals surface area contributed by atoms with Gasteiger partial charge >= 0.3 is 0 Å². The fraction of sp³-hybridized carbons (Fsp3) is 0.350. The molecule has 156 valence electrons. The molecule has 0 spiro atoms. The van der Waals surface area contributed by atoms with Gasteiger partial charge in [0.1, 0.15) is 0 Å². The van der Waals surface area contributed by atoms with E-state index >= 15 is 0 Å². The number of ether oxygens (including phenoxy) is 2. The van der Waals surface area contributed by atoms with Gasteiger partial charge in [-0.2, -0.15) is 4.31 Å². The van der Waals surface area contributed by atoms with Crippen molar-refractivity contribution in [3.05, 3.63) is 52.5 Å². The van der Waals surface area contributed by atoms with Gasteiger partial charge in [0.05, 0.1) is 18.6 Å². The molecule has 1 amide bonds. The Bertz CT molecular complexity index is 988. The highest BCUT2D eigenvalue weighted by atomic mass is 79.9. The summed E-state index contributed by atoms with van der Waals surface area (Å²) in [5.41, 5.74) is 0.480. The Morgan fingerprint density at radius 1 is 1.07 bits per heavy atom. The predicted octanol–water partition coefficient (Wildman–Crippen LogP) is 3.00. The van der Waals surface area contributed by atoms with E-state index in [9.17, 15) is 13.2 Å². The summed E-state index contributed by atoms with van der Waals surface area (Å²) >= 11 is 3.30. The molecular weight excluding hydrogens is 460 g/mol. The first-order valence-corrected chi connectivity index (χ1v) is 11.5. The summed E-state index contributed by atoms with van der Waals surface area (Å²) in [6.07, 6.45) is 0. The smallest absolute Gasteiger partial charge is 0.254 e. The van der Waals surface area contributed by atoms with E-state index in [0.29, 0.717) is 41.2 Å². The minimum atomic E-state index is -3.59. The van der Waals surface area contributed by atoms with Crippen LogP contribution < -0.4 is 9.47 Å². The molecule has 0 aromatic heterocycles. The van der Waals surface area contributed by atoms with Gasteiger partial charge in [0, 0.05) is 36.2 Å². The van der Waals surface area contributed by atoms with Gasteiger partial charge in [0.2, 0.25) is 10.0 Å². The van der Waals surface area contributed by atoms with Crippen LogP contribution in [0.3, 0.4) is 0 Å². The molecule has 1 aliphatic rings. The maximum Gasteiger partial charge on any atom is 0.254 e. The zero-order chi connectivity index (χ0) is 21.0. The van der Waals surface area contributed by atoms with E-state index in [0.717, 1.165) is 0 Å². The van der Waals surface area contributed by atoms with E-state index < -0.39 is 10.0 Å². The molecule has 29 heavy (non-hydrogen) atoms. The molecule has 0 saturated carbocycles. The summed E-state index contributed by atoms with van der Waals surface area (Å²) in [6.45, 7) is 3.50. The van der Waals surface area contributed by atoms with E-state index in [1.165, 1.54) is 11.4 Å². The summed E-state index contributed by atoms with van der Waals surface area (Å²) in [4.78, 5) is 14.8. The molecule has 2 aromatic rings. The summed E-state index contributed by atoms with van der Waals surface area (Å²) in [5.74, 6) is 0.913. The number of amides is 1. The Morgan fingerprint density at radius 3 is 2.41 bits per heavy atom. The van der Waals surface area contributed by atoms with E-state index in [4.69, 9.17) is 9.47 Å². The number of rotatable bonds is 6. The SMILES string of the molecule is CCOc1ccc(C(=O)N2CCN(S(=O)(=O)c3cccc(Br)c3)CC2)cc1OC. The number of carbonyl (C=O) groups excluding carboxylic acids is 1. The lowest BCUT2D eigenvalue weighted by Gasteiger charge is -2.34. The van der Waals surface area contributed by atoms with Gasteiger partial charge in [-0.15, -0.1) is 0 Å². The zero-order valence-corrected chi connectivity index (χ0v) is 18.7. The molecule has 1 aliphatic heterocycles. The van der Waals surface area contributed by atoms with Crippen LogP contribution >= 0.6 is 15.9 Å². The minimum absolute atomic E-state index is 0.161. The number of sulfonamides is 1. The molecule has 7 nitrogen and oxygen atoms in total. The lowest BCUT2D eigenvalue weighted by Crippen LogP contribution is -2.50. The van der Waals surface area contributed by atoms with Gasteiger partial charge in [-0.1, -0.05) is 22.0 Å². The minimum Gasteiger partial charge on any atom is -0.493 e. The second kappa shape index (κ2) is 9.15. The maximum absolute atomic E-state index is 12.9. The lowest BCUT2D eigenvalue weighted by molar-refractivity contribution is 0.0697. The van der Waals surface area contributed by atoms with Gasteiger partial charge in [-0.3, -0.25) is 4.79 Å². The fourth-order valence-corrected chi connectivity index (χ4v) is 5.19. The van der Waals surface area contributed by atoms with Gasteiger partial charge in [0.15, 0.2) is 11.5 Å². The standard InChI is InChI=1S/C20H23BrN2O5S/c1-3-28-18-8-7-15(13-19(18)27-2)20(24)22-9-11-23(12-10-22)29(25,26)17-6-4-5-16(21)14-17/h4-8,13-14H,3,9-12H2,1-2H3. The summed E-state index contributed by atoms with van der Waals surface area (Å²) in [5, 5.41) is 0. The van der Waals surface area contributed by atoms with Crippen LogP contribution in [0.5, 0.6) is 11.5 Å². The summed E-state index contributed by atoms with van der Waals surface area (Å²) < 4.78 is 38.6. The van der Waals surface area contributed by atoms with E-state index in [-0.39, 0.29) is 23.9 Å². The van der Waals surface area contributed by atoms with E-state index in [1.807, 2.05) is 6.92 Å². The van der Waals surface area contributed by atoms with Crippen LogP contribution in [-0.2, 0) is 10.0 Å². The zero-order valence-electron chi connectivity index (χ0n) is 16.3. The van der Waals surface area contributed by atoms with Crippen LogP contribution in [0.4, 0.5) is 0 Å². The van der Waals surface area contributed by atoms with Crippen LogP contribution in [0.15, 0.2) is 51.8 Å². The van der Waals surface area contributed by atoms with Crippen molar-refractivity contribution in [2.45, 2.75) is 11.8 Å². The second-order valence-corrected chi connectivity index (χ2v) is 9.31. The molecule has 0 atom stereocenters. The Morgan fingerprint density at radius 2 is 1.79 bits per heavy atom. The molecule has 0 bridgehead atoms. The molecule has 1 fully saturated rings. The average Bonchev–Trinajstić information content (AvgIpc) is 2.74. The Hall–Kier alpha value is -2.10. The first kappa shape index (κ1) is 21.6. The van der Waals surface area contributed by atoms with Crippen molar-refractivity contribution >= 4 is 31.9 Å². The molecule has 1 saturated heterocycles. The molecule has 0 aliphatic carbocycles. The molecular formula is C20H23BrN2O5S. The van der Waals surface area contributed by atoms with Crippen molar-refractivity contribution in [3.63, 3.8) is 0 Å². The second-order valence-electron chi connectivity index (χ2n) is 6.45. The first-order chi connectivity index (χ1) is 13.9. The molecule has 9 heteroatoms. The quantitative estimate of drug-likeness (QED) is 0.632. The number of piperazine rings is 1. The van der Waals surface area contributed by atoms with Gasteiger partial charge in [0.25, 0.3) is 5.91 Å². The highest BCUT2D eigenvalue weighted by Crippen LogP contribution is 2.29. The largest absolute Gasteiger partial charge is 0.493 e. The number of hydrogen-bond acceptors (Lipinski definition) is 5. The molecule has 0 unspecified atom stereocenters. The van der Waals surface area contributed by atoms with Crippen LogP contribution in [0, 0.1) is 0 Å². The van der Waals surface area contributed by atoms with Crippen molar-refractivity contribution in [1.82, 2.24) is 9.21 Å². The fourth-order valence-electron chi connectivity index (χ4n) is 3.17. The highest BCUT2D eigenvalue weighted by Gasteiger charge is 2.30. The molecule has 0 radical (unpaired) electrons. The Labute approximate surface area is 179 Å². The van der Waals surface area contributed by atoms with E-state index in [1.54, 1.807) is 47.4 Å². The van der Waals surface area contributed by atoms with Crippen molar-refractivity contribution in [2.75, 3.05) is 39.9 Å². The lowest BCUT2D eigenvalue weighted by atomic mass is 10.1. The number of hydrogen-bond donors (Lipinski definition) is 0. The van der Waals surface area contributed by atoms with Gasteiger partial charge < -0.3 is 14.4 Å².